The number of hydrogen-bond acceptors (Lipinski definition) is 13. The number of methoxy groups -OCH3 is 1. The molecular formula is C49H77NO11S. The average molecular weight is 888 g/mol. The average Bonchev–Trinajstić information content (AvgIpc) is 3.56. The maximum atomic E-state index is 14.6. The Morgan fingerprint density at radius 3 is 2.34 bits per heavy atom. The van der Waals surface area contributed by atoms with Gasteiger partial charge in [-0.25, -0.2) is 9.78 Å². The van der Waals surface area contributed by atoms with Crippen molar-refractivity contribution >= 4 is 29.1 Å². The van der Waals surface area contributed by atoms with Crippen molar-refractivity contribution in [1.82, 2.24) is 4.98 Å². The number of thiazole rings is 1. The second-order valence-electron chi connectivity index (χ2n) is 19.1. The summed E-state index contributed by atoms with van der Waals surface area (Å²) < 4.78 is 23.8. The van der Waals surface area contributed by atoms with Crippen molar-refractivity contribution in [3.05, 3.63) is 63.7 Å². The molecule has 0 saturated carbocycles. The predicted octanol–water partition coefficient (Wildman–Crippen LogP) is 7.76. The standard InChI is InChI=1S/C49H77NO11S/c1-15-30(4)44(55)61-48(12)23-22-28(2)25-38(51)35(9)39(52)31(5)18-16-19-32(6)40(53)41(54)42(58-14)33(7)20-17-21-34(8)43(59-46(48)56)47(11,57)26-29(3)24-37-27-62-45(50-37)49(13)36(10)60-49/h16-18,20-21,26-28,30-32,34-36,38,40-43,51,53-54,57H,15,19,22-25H2,1-14H3/b18-16-,21-17+,29-26-,33-20+/t28?,30?,31?,32?,34?,35?,36?,38-,40+,41?,42+,43?,47?,48?,49?/m0/s1. The van der Waals surface area contributed by atoms with E-state index in [1.165, 1.54) is 25.4 Å². The Hall–Kier alpha value is -3.04. The topological polar surface area (TPSA) is 185 Å². The lowest BCUT2D eigenvalue weighted by atomic mass is 9.84. The van der Waals surface area contributed by atoms with Crippen LogP contribution in [-0.2, 0) is 45.4 Å². The zero-order chi connectivity index (χ0) is 46.9. The molecule has 62 heavy (non-hydrogen) atoms. The molecule has 2 aliphatic heterocycles. The fourth-order valence-electron chi connectivity index (χ4n) is 8.05. The van der Waals surface area contributed by atoms with Gasteiger partial charge in [-0.2, -0.15) is 0 Å². The smallest absolute Gasteiger partial charge is 0.350 e. The molecule has 3 rings (SSSR count). The van der Waals surface area contributed by atoms with E-state index in [1.807, 2.05) is 53.0 Å². The fourth-order valence-corrected chi connectivity index (χ4v) is 9.06. The molecular weight excluding hydrogens is 811 g/mol. The van der Waals surface area contributed by atoms with E-state index in [2.05, 4.69) is 0 Å². The van der Waals surface area contributed by atoms with Crippen molar-refractivity contribution in [2.24, 2.45) is 35.5 Å². The van der Waals surface area contributed by atoms with Crippen LogP contribution in [0.1, 0.15) is 133 Å². The summed E-state index contributed by atoms with van der Waals surface area (Å²) >= 11 is 1.53. The maximum absolute atomic E-state index is 14.6. The van der Waals surface area contributed by atoms with E-state index in [0.29, 0.717) is 31.3 Å². The lowest BCUT2D eigenvalue weighted by Gasteiger charge is -2.37. The molecule has 12 nitrogen and oxygen atoms in total. The largest absolute Gasteiger partial charge is 0.455 e. The van der Waals surface area contributed by atoms with Gasteiger partial charge >= 0.3 is 11.9 Å². The van der Waals surface area contributed by atoms with Gasteiger partial charge in [0, 0.05) is 36.7 Å². The molecule has 0 bridgehead atoms. The van der Waals surface area contributed by atoms with Gasteiger partial charge in [-0.1, -0.05) is 90.5 Å². The third kappa shape index (κ3) is 14.0. The number of carbonyl (C=O) groups is 3. The molecule has 1 fully saturated rings. The lowest BCUT2D eigenvalue weighted by Crippen LogP contribution is -2.50. The number of esters is 2. The molecule has 1 saturated heterocycles. The maximum Gasteiger partial charge on any atom is 0.350 e. The number of aromatic nitrogens is 1. The van der Waals surface area contributed by atoms with Crippen LogP contribution >= 0.6 is 11.3 Å². The Morgan fingerprint density at radius 2 is 1.74 bits per heavy atom. The molecule has 0 spiro atoms. The first-order valence-corrected chi connectivity index (χ1v) is 23.3. The minimum atomic E-state index is -1.75. The van der Waals surface area contributed by atoms with Crippen LogP contribution in [-0.4, -0.2) is 98.1 Å². The number of allylic oxidation sites excluding steroid dienone is 5. The van der Waals surface area contributed by atoms with Gasteiger partial charge in [-0.05, 0) is 91.1 Å². The van der Waals surface area contributed by atoms with Crippen molar-refractivity contribution < 1.29 is 53.8 Å². The first-order valence-electron chi connectivity index (χ1n) is 22.4. The molecule has 2 aliphatic rings. The highest BCUT2D eigenvalue weighted by Gasteiger charge is 2.53. The molecule has 13 heteroatoms. The van der Waals surface area contributed by atoms with E-state index in [1.54, 1.807) is 71.9 Å². The van der Waals surface area contributed by atoms with Gasteiger partial charge < -0.3 is 39.4 Å². The number of ether oxygens (including phenoxy) is 4. The molecule has 12 unspecified atom stereocenters. The second kappa shape index (κ2) is 22.7. The lowest BCUT2D eigenvalue weighted by molar-refractivity contribution is -0.195. The quantitative estimate of drug-likeness (QED) is 0.108. The summed E-state index contributed by atoms with van der Waals surface area (Å²) in [7, 11) is 1.45. The van der Waals surface area contributed by atoms with Crippen molar-refractivity contribution in [2.45, 2.75) is 182 Å². The van der Waals surface area contributed by atoms with Crippen LogP contribution < -0.4 is 0 Å². The Morgan fingerprint density at radius 1 is 1.10 bits per heavy atom. The molecule has 0 aromatic carbocycles. The first-order chi connectivity index (χ1) is 28.8. The zero-order valence-corrected chi connectivity index (χ0v) is 40.5. The van der Waals surface area contributed by atoms with Crippen LogP contribution in [0.25, 0.3) is 0 Å². The second-order valence-corrected chi connectivity index (χ2v) is 19.9. The van der Waals surface area contributed by atoms with Gasteiger partial charge in [0.05, 0.1) is 29.9 Å². The van der Waals surface area contributed by atoms with Gasteiger partial charge in [-0.15, -0.1) is 11.3 Å². The number of ketones is 1. The van der Waals surface area contributed by atoms with E-state index in [4.69, 9.17) is 23.9 Å². The Kier molecular flexibility index (Phi) is 19.5. The highest BCUT2D eigenvalue weighted by atomic mass is 32.1. The summed E-state index contributed by atoms with van der Waals surface area (Å²) in [6.07, 6.45) is 7.16. The number of Topliss-reactive ketones (excluding diaryl/α,β-unsaturated/α-hetero) is 1. The number of aliphatic hydroxyl groups excluding tert-OH is 3. The van der Waals surface area contributed by atoms with Crippen molar-refractivity contribution in [1.29, 1.82) is 0 Å². The van der Waals surface area contributed by atoms with E-state index in [-0.39, 0.29) is 36.6 Å². The molecule has 0 radical (unpaired) electrons. The number of aliphatic hydroxyl groups is 4. The third-order valence-corrected chi connectivity index (χ3v) is 14.2. The highest BCUT2D eigenvalue weighted by Crippen LogP contribution is 2.46. The number of rotatable bonds is 9. The summed E-state index contributed by atoms with van der Waals surface area (Å²) in [6.45, 7) is 23.4. The zero-order valence-electron chi connectivity index (χ0n) is 39.7. The van der Waals surface area contributed by atoms with Gasteiger partial charge in [-0.3, -0.25) is 9.59 Å². The van der Waals surface area contributed by atoms with E-state index >= 15 is 0 Å². The van der Waals surface area contributed by atoms with E-state index in [9.17, 15) is 34.8 Å². The Bertz CT molecular complexity index is 1780. The van der Waals surface area contributed by atoms with E-state index in [0.717, 1.165) is 16.3 Å². The molecule has 3 heterocycles. The van der Waals surface area contributed by atoms with E-state index < -0.39 is 82.9 Å². The molecule has 0 aliphatic carbocycles. The van der Waals surface area contributed by atoms with Gasteiger partial charge in [0.2, 0.25) is 5.60 Å². The van der Waals surface area contributed by atoms with Crippen molar-refractivity contribution in [2.75, 3.05) is 7.11 Å². The van der Waals surface area contributed by atoms with Crippen LogP contribution in [0, 0.1) is 35.5 Å². The Balaban J connectivity index is 2.09. The van der Waals surface area contributed by atoms with Gasteiger partial charge in [0.25, 0.3) is 0 Å². The van der Waals surface area contributed by atoms with Gasteiger partial charge in [0.1, 0.15) is 40.3 Å². The number of cyclic esters (lactones) is 1. The number of carbonyl (C=O) groups excluding carboxylic acids is 3. The predicted molar refractivity (Wildman–Crippen MR) is 242 cm³/mol. The summed E-state index contributed by atoms with van der Waals surface area (Å²) in [4.78, 5) is 46.2. The fraction of sp³-hybridized carbons (Fsp3) is 0.714. The SMILES string of the molecule is CCC(C)C(=O)OC1(C)CCC(C)C[C@H](O)C(C)C(=O)C(C)/C=C\CC(C)[C@@H](O)C(O)[C@H](OC)/C(C)=C/C=C/C(C)C(C(C)(O)/C=C(/C)Cc2csc(C3(C)OC3C)n2)OC1=O. The van der Waals surface area contributed by atoms with Crippen molar-refractivity contribution in [3.63, 3.8) is 0 Å². The molecule has 4 N–H and O–H groups in total. The first kappa shape index (κ1) is 53.3. The molecule has 15 atom stereocenters. The van der Waals surface area contributed by atoms with Crippen LogP contribution in [0.2, 0.25) is 0 Å². The third-order valence-electron chi connectivity index (χ3n) is 13.1. The number of nitrogens with zero attached hydrogens (tertiary/aromatic N) is 1. The van der Waals surface area contributed by atoms with Crippen LogP contribution in [0.3, 0.4) is 0 Å². The molecule has 1 aromatic heterocycles. The summed E-state index contributed by atoms with van der Waals surface area (Å²) in [6, 6.07) is 0. The number of hydrogen-bond donors (Lipinski definition) is 4. The summed E-state index contributed by atoms with van der Waals surface area (Å²) in [5, 5.41) is 48.8. The highest BCUT2D eigenvalue weighted by molar-refractivity contribution is 7.09. The van der Waals surface area contributed by atoms with Crippen LogP contribution in [0.4, 0.5) is 0 Å². The van der Waals surface area contributed by atoms with Crippen LogP contribution in [0.5, 0.6) is 0 Å². The minimum Gasteiger partial charge on any atom is -0.455 e. The van der Waals surface area contributed by atoms with Gasteiger partial charge in [0.15, 0.2) is 0 Å². The molecule has 1 aromatic rings. The van der Waals surface area contributed by atoms with Crippen LogP contribution in [0.15, 0.2) is 53.0 Å². The summed E-state index contributed by atoms with van der Waals surface area (Å²) in [5.74, 6) is -4.37. The monoisotopic (exact) mass is 888 g/mol. The molecule has 0 amide bonds. The Labute approximate surface area is 374 Å². The van der Waals surface area contributed by atoms with Crippen molar-refractivity contribution in [3.8, 4) is 0 Å². The minimum absolute atomic E-state index is 0.0669. The molecule has 350 valence electrons. The number of epoxide rings is 1. The normalized spacial score (nSPS) is 38.6. The summed E-state index contributed by atoms with van der Waals surface area (Å²) in [5.41, 5.74) is -1.66.